The van der Waals surface area contributed by atoms with Crippen molar-refractivity contribution in [1.82, 2.24) is 4.98 Å². The number of nitrogens with zero attached hydrogens (tertiary/aromatic N) is 2. The van der Waals surface area contributed by atoms with Crippen LogP contribution in [-0.4, -0.2) is 24.0 Å². The van der Waals surface area contributed by atoms with E-state index in [1.165, 1.54) is 10.3 Å². The Morgan fingerprint density at radius 1 is 1.19 bits per heavy atom. The van der Waals surface area contributed by atoms with Gasteiger partial charge in [-0.2, -0.15) is 0 Å². The van der Waals surface area contributed by atoms with E-state index in [2.05, 4.69) is 35.3 Å². The molecule has 4 nitrogen and oxygen atoms in total. The van der Waals surface area contributed by atoms with Gasteiger partial charge in [0, 0.05) is 18.8 Å². The third-order valence-electron chi connectivity index (χ3n) is 5.32. The van der Waals surface area contributed by atoms with Gasteiger partial charge in [-0.1, -0.05) is 35.6 Å². The van der Waals surface area contributed by atoms with Crippen LogP contribution in [0.25, 0.3) is 10.2 Å². The fraction of sp³-hybridized carbons (Fsp3) is 0.364. The first kappa shape index (κ1) is 18.0. The van der Waals surface area contributed by atoms with Gasteiger partial charge in [-0.15, -0.1) is 0 Å². The minimum atomic E-state index is -0.00787. The predicted octanol–water partition coefficient (Wildman–Crippen LogP) is 5.08. The quantitative estimate of drug-likeness (QED) is 0.690. The molecule has 0 bridgehead atoms. The number of aryl methyl sites for hydroxylation is 3. The number of carbonyl (C=O) groups is 1. The highest BCUT2D eigenvalue weighted by Crippen LogP contribution is 2.32. The Morgan fingerprint density at radius 2 is 1.96 bits per heavy atom. The number of piperidine rings is 1. The smallest absolute Gasteiger partial charge is 0.229 e. The molecular formula is C22H25N3OS. The van der Waals surface area contributed by atoms with E-state index in [-0.39, 0.29) is 11.8 Å². The molecule has 0 spiro atoms. The maximum Gasteiger partial charge on any atom is 0.229 e. The summed E-state index contributed by atoms with van der Waals surface area (Å²) < 4.78 is 1.21. The molecule has 27 heavy (non-hydrogen) atoms. The van der Waals surface area contributed by atoms with E-state index in [1.807, 2.05) is 32.0 Å². The van der Waals surface area contributed by atoms with Crippen LogP contribution in [0, 0.1) is 26.7 Å². The molecule has 0 saturated carbocycles. The summed E-state index contributed by atoms with van der Waals surface area (Å²) in [5.41, 5.74) is 5.47. The molecule has 0 aliphatic carbocycles. The molecule has 4 rings (SSSR count). The van der Waals surface area contributed by atoms with Gasteiger partial charge >= 0.3 is 0 Å². The molecular weight excluding hydrogens is 354 g/mol. The number of thiazole rings is 1. The number of amides is 1. The molecule has 1 N–H and O–H groups in total. The van der Waals surface area contributed by atoms with Crippen molar-refractivity contribution in [3.8, 4) is 0 Å². The van der Waals surface area contributed by atoms with Gasteiger partial charge in [0.15, 0.2) is 5.13 Å². The Bertz CT molecular complexity index is 974. The summed E-state index contributed by atoms with van der Waals surface area (Å²) in [6.45, 7) is 7.88. The van der Waals surface area contributed by atoms with Gasteiger partial charge in [0.05, 0.1) is 16.1 Å². The zero-order valence-corrected chi connectivity index (χ0v) is 16.9. The highest BCUT2D eigenvalue weighted by atomic mass is 32.1. The predicted molar refractivity (Wildman–Crippen MR) is 114 cm³/mol. The third kappa shape index (κ3) is 3.69. The number of anilines is 2. The molecule has 1 amide bonds. The number of hydrogen-bond donors (Lipinski definition) is 1. The van der Waals surface area contributed by atoms with Gasteiger partial charge in [-0.05, 0) is 62.4 Å². The van der Waals surface area contributed by atoms with E-state index in [9.17, 15) is 4.79 Å². The first-order chi connectivity index (χ1) is 13.0. The highest BCUT2D eigenvalue weighted by molar-refractivity contribution is 7.22. The highest BCUT2D eigenvalue weighted by Gasteiger charge is 2.28. The van der Waals surface area contributed by atoms with Crippen molar-refractivity contribution in [1.29, 1.82) is 0 Å². The van der Waals surface area contributed by atoms with Crippen molar-refractivity contribution in [2.45, 2.75) is 33.6 Å². The second kappa shape index (κ2) is 7.31. The minimum Gasteiger partial charge on any atom is -0.347 e. The molecule has 0 radical (unpaired) electrons. The topological polar surface area (TPSA) is 45.2 Å². The lowest BCUT2D eigenvalue weighted by atomic mass is 9.97. The van der Waals surface area contributed by atoms with Crippen molar-refractivity contribution in [2.75, 3.05) is 23.3 Å². The van der Waals surface area contributed by atoms with E-state index in [0.29, 0.717) is 0 Å². The van der Waals surface area contributed by atoms with Crippen LogP contribution < -0.4 is 10.2 Å². The Hall–Kier alpha value is -2.40. The molecule has 5 heteroatoms. The molecule has 1 aliphatic heterocycles. The van der Waals surface area contributed by atoms with Crippen LogP contribution in [0.1, 0.15) is 29.5 Å². The molecule has 1 aromatic heterocycles. The lowest BCUT2D eigenvalue weighted by Gasteiger charge is -2.32. The van der Waals surface area contributed by atoms with Gasteiger partial charge in [-0.25, -0.2) is 4.98 Å². The fourth-order valence-electron chi connectivity index (χ4n) is 3.76. The first-order valence-electron chi connectivity index (χ1n) is 9.50. The summed E-state index contributed by atoms with van der Waals surface area (Å²) in [6, 6.07) is 12.5. The Kier molecular flexibility index (Phi) is 4.87. The van der Waals surface area contributed by atoms with E-state index in [1.54, 1.807) is 11.3 Å². The van der Waals surface area contributed by atoms with Crippen LogP contribution in [0.3, 0.4) is 0 Å². The Morgan fingerprint density at radius 3 is 2.74 bits per heavy atom. The zero-order chi connectivity index (χ0) is 19.0. The van der Waals surface area contributed by atoms with E-state index in [4.69, 9.17) is 4.98 Å². The summed E-state index contributed by atoms with van der Waals surface area (Å²) in [5.74, 6) is 0.112. The normalized spacial score (nSPS) is 17.3. The average molecular weight is 380 g/mol. The van der Waals surface area contributed by atoms with Crippen molar-refractivity contribution in [3.05, 3.63) is 53.1 Å². The minimum absolute atomic E-state index is 0.00787. The van der Waals surface area contributed by atoms with Gasteiger partial charge in [0.2, 0.25) is 5.91 Å². The van der Waals surface area contributed by atoms with Crippen LogP contribution >= 0.6 is 11.3 Å². The number of benzene rings is 2. The summed E-state index contributed by atoms with van der Waals surface area (Å²) in [6.07, 6.45) is 1.94. The molecule has 1 atom stereocenters. The van der Waals surface area contributed by atoms with E-state index in [0.717, 1.165) is 53.4 Å². The van der Waals surface area contributed by atoms with Gasteiger partial charge in [-0.3, -0.25) is 4.79 Å². The molecule has 2 heterocycles. The monoisotopic (exact) mass is 379 g/mol. The van der Waals surface area contributed by atoms with Crippen molar-refractivity contribution in [2.24, 2.45) is 5.92 Å². The maximum absolute atomic E-state index is 12.9. The number of rotatable bonds is 3. The van der Waals surface area contributed by atoms with E-state index < -0.39 is 0 Å². The Labute approximate surface area is 164 Å². The first-order valence-corrected chi connectivity index (χ1v) is 10.3. The third-order valence-corrected chi connectivity index (χ3v) is 6.40. The lowest BCUT2D eigenvalue weighted by molar-refractivity contribution is -0.120. The number of fused-ring (bicyclic) bond motifs is 1. The van der Waals surface area contributed by atoms with Gasteiger partial charge < -0.3 is 10.2 Å². The number of aromatic nitrogens is 1. The molecule has 1 unspecified atom stereocenters. The summed E-state index contributed by atoms with van der Waals surface area (Å²) in [5, 5.41) is 4.20. The summed E-state index contributed by atoms with van der Waals surface area (Å²) in [4.78, 5) is 20.0. The van der Waals surface area contributed by atoms with Crippen molar-refractivity contribution < 1.29 is 4.79 Å². The Balaban J connectivity index is 1.51. The SMILES string of the molecule is Cc1ccc2nc(N3CCCC(C(=O)Nc4c(C)cccc4C)C3)sc2c1. The van der Waals surface area contributed by atoms with Crippen LogP contribution in [-0.2, 0) is 4.79 Å². The van der Waals surface area contributed by atoms with Crippen molar-refractivity contribution >= 4 is 38.3 Å². The number of carbonyl (C=O) groups excluding carboxylic acids is 1. The number of para-hydroxylation sites is 1. The maximum atomic E-state index is 12.9. The van der Waals surface area contributed by atoms with Crippen LogP contribution in [0.5, 0.6) is 0 Å². The second-order valence-electron chi connectivity index (χ2n) is 7.51. The van der Waals surface area contributed by atoms with Crippen LogP contribution in [0.2, 0.25) is 0 Å². The second-order valence-corrected chi connectivity index (χ2v) is 8.52. The number of hydrogen-bond acceptors (Lipinski definition) is 4. The number of nitrogens with one attached hydrogen (secondary N) is 1. The summed E-state index contributed by atoms with van der Waals surface area (Å²) in [7, 11) is 0. The molecule has 1 aliphatic rings. The molecule has 1 saturated heterocycles. The molecule has 2 aromatic carbocycles. The van der Waals surface area contributed by atoms with Crippen molar-refractivity contribution in [3.63, 3.8) is 0 Å². The molecule has 140 valence electrons. The van der Waals surface area contributed by atoms with Gasteiger partial charge in [0.1, 0.15) is 0 Å². The lowest BCUT2D eigenvalue weighted by Crippen LogP contribution is -2.40. The van der Waals surface area contributed by atoms with Gasteiger partial charge in [0.25, 0.3) is 0 Å². The van der Waals surface area contributed by atoms with E-state index >= 15 is 0 Å². The summed E-state index contributed by atoms with van der Waals surface area (Å²) >= 11 is 1.72. The van der Waals surface area contributed by atoms with Crippen LogP contribution in [0.15, 0.2) is 36.4 Å². The molecule has 3 aromatic rings. The average Bonchev–Trinajstić information content (AvgIpc) is 3.08. The fourth-order valence-corrected chi connectivity index (χ4v) is 4.86. The standard InChI is InChI=1S/C22H25N3OS/c1-14-9-10-18-19(12-14)27-22(23-18)25-11-5-8-17(13-25)21(26)24-20-15(2)6-4-7-16(20)3/h4,6-7,9-10,12,17H,5,8,11,13H2,1-3H3,(H,24,26). The zero-order valence-electron chi connectivity index (χ0n) is 16.1. The largest absolute Gasteiger partial charge is 0.347 e. The molecule has 1 fully saturated rings. The van der Waals surface area contributed by atoms with Crippen LogP contribution in [0.4, 0.5) is 10.8 Å².